The van der Waals surface area contributed by atoms with Gasteiger partial charge in [0.1, 0.15) is 0 Å². The minimum absolute atomic E-state index is 0.0293. The van der Waals surface area contributed by atoms with E-state index in [1.54, 1.807) is 9.91 Å². The molecule has 0 saturated heterocycles. The first-order valence-corrected chi connectivity index (χ1v) is 12.1. The molecule has 0 bridgehead atoms. The van der Waals surface area contributed by atoms with Crippen molar-refractivity contribution in [1.29, 1.82) is 0 Å². The van der Waals surface area contributed by atoms with E-state index in [2.05, 4.69) is 11.1 Å². The Labute approximate surface area is 205 Å². The molecule has 2 aliphatic rings. The number of aliphatic imine (C=N–C) groups is 1. The summed E-state index contributed by atoms with van der Waals surface area (Å²) in [6, 6.07) is 25.2. The highest BCUT2D eigenvalue weighted by Gasteiger charge is 2.34. The molecule has 0 atom stereocenters. The number of nitrogens with zero attached hydrogens (tertiary/aromatic N) is 4. The maximum absolute atomic E-state index is 14.1. The Morgan fingerprint density at radius 1 is 0.914 bits per heavy atom. The van der Waals surface area contributed by atoms with Crippen molar-refractivity contribution in [1.82, 2.24) is 5.01 Å². The summed E-state index contributed by atoms with van der Waals surface area (Å²) in [7, 11) is 0. The van der Waals surface area contributed by atoms with Crippen LogP contribution in [0.25, 0.3) is 0 Å². The Kier molecular flexibility index (Phi) is 6.48. The fourth-order valence-electron chi connectivity index (χ4n) is 4.97. The summed E-state index contributed by atoms with van der Waals surface area (Å²) in [5.74, 6) is 0.294. The summed E-state index contributed by atoms with van der Waals surface area (Å²) in [6.07, 6.45) is 5.79. The molecule has 4 N–H and O–H groups in total. The number of benzene rings is 3. The molecule has 7 nitrogen and oxygen atoms in total. The molecule has 3 aromatic carbocycles. The second-order valence-corrected chi connectivity index (χ2v) is 9.06. The zero-order valence-corrected chi connectivity index (χ0v) is 19.7. The average molecular weight is 467 g/mol. The highest BCUT2D eigenvalue weighted by atomic mass is 16.2. The van der Waals surface area contributed by atoms with E-state index in [9.17, 15) is 4.79 Å². The summed E-state index contributed by atoms with van der Waals surface area (Å²) >= 11 is 0. The average Bonchev–Trinajstić information content (AvgIpc) is 2.99. The number of carbonyl (C=O) groups is 1. The molecule has 1 saturated carbocycles. The summed E-state index contributed by atoms with van der Waals surface area (Å²) in [4.78, 5) is 20.0. The van der Waals surface area contributed by atoms with Crippen molar-refractivity contribution >= 4 is 34.8 Å². The minimum atomic E-state index is -0.214. The number of urea groups is 1. The van der Waals surface area contributed by atoms with Gasteiger partial charge in [0, 0.05) is 11.5 Å². The van der Waals surface area contributed by atoms with Crippen molar-refractivity contribution in [2.75, 3.05) is 4.90 Å². The zero-order valence-electron chi connectivity index (χ0n) is 19.7. The van der Waals surface area contributed by atoms with Crippen molar-refractivity contribution < 1.29 is 4.79 Å². The van der Waals surface area contributed by atoms with Crippen molar-refractivity contribution in [2.24, 2.45) is 27.5 Å². The minimum Gasteiger partial charge on any atom is -0.370 e. The first-order chi connectivity index (χ1) is 17.1. The van der Waals surface area contributed by atoms with E-state index in [0.29, 0.717) is 23.8 Å². The van der Waals surface area contributed by atoms with Crippen LogP contribution in [0.15, 0.2) is 89.0 Å². The van der Waals surface area contributed by atoms with Crippen molar-refractivity contribution in [3.63, 3.8) is 0 Å². The summed E-state index contributed by atoms with van der Waals surface area (Å²) < 4.78 is 0. The second kappa shape index (κ2) is 10.0. The third-order valence-corrected chi connectivity index (χ3v) is 6.57. The zero-order chi connectivity index (χ0) is 24.2. The lowest BCUT2D eigenvalue weighted by Gasteiger charge is -2.27. The van der Waals surface area contributed by atoms with Gasteiger partial charge in [0.25, 0.3) is 0 Å². The van der Waals surface area contributed by atoms with E-state index in [0.717, 1.165) is 35.4 Å². The number of anilines is 2. The SMILES string of the molecule is NC(N)=Nc1cccc(N2C(=O)N(Cc3ccccc3)N=C(C3CCCCC3)c3ccccc32)c1. The van der Waals surface area contributed by atoms with E-state index in [-0.39, 0.29) is 12.0 Å². The molecule has 1 fully saturated rings. The molecule has 1 aliphatic carbocycles. The number of nitrogens with two attached hydrogens (primary N) is 2. The summed E-state index contributed by atoms with van der Waals surface area (Å²) in [5.41, 5.74) is 16.3. The second-order valence-electron chi connectivity index (χ2n) is 9.06. The van der Waals surface area contributed by atoms with Crippen LogP contribution in [-0.2, 0) is 6.54 Å². The molecule has 35 heavy (non-hydrogen) atoms. The predicted octanol–water partition coefficient (Wildman–Crippen LogP) is 5.65. The Morgan fingerprint density at radius 2 is 1.66 bits per heavy atom. The molecule has 1 aliphatic heterocycles. The molecule has 7 heteroatoms. The fraction of sp³-hybridized carbons (Fsp3) is 0.250. The Balaban J connectivity index is 1.65. The van der Waals surface area contributed by atoms with Gasteiger partial charge < -0.3 is 11.5 Å². The third kappa shape index (κ3) is 4.89. The van der Waals surface area contributed by atoms with Gasteiger partial charge in [-0.25, -0.2) is 14.8 Å². The van der Waals surface area contributed by atoms with Gasteiger partial charge in [0.2, 0.25) is 0 Å². The molecular formula is C28H30N6O. The molecule has 2 amide bonds. The largest absolute Gasteiger partial charge is 0.370 e. The van der Waals surface area contributed by atoms with E-state index in [4.69, 9.17) is 16.6 Å². The van der Waals surface area contributed by atoms with E-state index < -0.39 is 0 Å². The maximum atomic E-state index is 14.1. The van der Waals surface area contributed by atoms with Crippen molar-refractivity contribution in [3.8, 4) is 0 Å². The number of fused-ring (bicyclic) bond motifs is 1. The van der Waals surface area contributed by atoms with Crippen LogP contribution in [0.4, 0.5) is 21.9 Å². The summed E-state index contributed by atoms with van der Waals surface area (Å²) in [6.45, 7) is 0.383. The smallest absolute Gasteiger partial charge is 0.349 e. The lowest BCUT2D eigenvalue weighted by atomic mass is 9.83. The van der Waals surface area contributed by atoms with Gasteiger partial charge in [-0.2, -0.15) is 5.10 Å². The topological polar surface area (TPSA) is 100 Å². The number of hydrogen-bond acceptors (Lipinski definition) is 3. The lowest BCUT2D eigenvalue weighted by Crippen LogP contribution is -2.36. The van der Waals surface area contributed by atoms with Crippen LogP contribution in [0.1, 0.15) is 43.2 Å². The number of hydrazone groups is 1. The number of para-hydroxylation sites is 1. The molecule has 0 aromatic heterocycles. The van der Waals surface area contributed by atoms with Gasteiger partial charge in [0.15, 0.2) is 5.96 Å². The number of hydrogen-bond donors (Lipinski definition) is 2. The van der Waals surface area contributed by atoms with Crippen molar-refractivity contribution in [2.45, 2.75) is 38.6 Å². The molecule has 5 rings (SSSR count). The summed E-state index contributed by atoms with van der Waals surface area (Å²) in [5, 5.41) is 6.66. The molecular weight excluding hydrogens is 436 g/mol. The van der Waals surface area contributed by atoms with E-state index >= 15 is 0 Å². The van der Waals surface area contributed by atoms with Gasteiger partial charge in [-0.15, -0.1) is 0 Å². The lowest BCUT2D eigenvalue weighted by molar-refractivity contribution is 0.207. The fourth-order valence-corrected chi connectivity index (χ4v) is 4.97. The van der Waals surface area contributed by atoms with Gasteiger partial charge in [-0.05, 0) is 42.7 Å². The normalized spacial score (nSPS) is 16.3. The van der Waals surface area contributed by atoms with Crippen LogP contribution in [0.3, 0.4) is 0 Å². The van der Waals surface area contributed by atoms with Crippen LogP contribution in [0, 0.1) is 5.92 Å². The molecule has 0 radical (unpaired) electrons. The van der Waals surface area contributed by atoms with Crippen LogP contribution in [0.5, 0.6) is 0 Å². The molecule has 178 valence electrons. The van der Waals surface area contributed by atoms with Gasteiger partial charge in [-0.1, -0.05) is 73.9 Å². The Hall–Kier alpha value is -4.13. The molecule has 3 aromatic rings. The molecule has 0 unspecified atom stereocenters. The van der Waals surface area contributed by atoms with Gasteiger partial charge in [-0.3, -0.25) is 4.90 Å². The number of carbonyl (C=O) groups excluding carboxylic acids is 1. The maximum Gasteiger partial charge on any atom is 0.349 e. The van der Waals surface area contributed by atoms with Crippen LogP contribution in [0.2, 0.25) is 0 Å². The number of amides is 2. The highest BCUT2D eigenvalue weighted by Crippen LogP contribution is 2.38. The first-order valence-electron chi connectivity index (χ1n) is 12.1. The Bertz CT molecular complexity index is 1260. The van der Waals surface area contributed by atoms with Crippen LogP contribution < -0.4 is 16.4 Å². The van der Waals surface area contributed by atoms with E-state index in [1.807, 2.05) is 72.8 Å². The quantitative estimate of drug-likeness (QED) is 0.375. The number of guanidine groups is 1. The Morgan fingerprint density at radius 3 is 2.43 bits per heavy atom. The molecule has 0 spiro atoms. The molecule has 1 heterocycles. The van der Waals surface area contributed by atoms with Crippen LogP contribution in [-0.4, -0.2) is 22.7 Å². The number of rotatable bonds is 5. The van der Waals surface area contributed by atoms with Crippen LogP contribution >= 0.6 is 0 Å². The first kappa shape index (κ1) is 22.7. The van der Waals surface area contributed by atoms with Gasteiger partial charge in [0.05, 0.1) is 29.3 Å². The third-order valence-electron chi connectivity index (χ3n) is 6.57. The standard InChI is InChI=1S/C28H30N6O/c29-27(30)31-22-14-9-15-23(18-22)34-25-17-8-7-16-24(25)26(21-12-5-2-6-13-21)32-33(28(34)35)19-20-10-3-1-4-11-20/h1,3-4,7-11,14-18,21H,2,5-6,12-13,19H2,(H4,29,30,31). The van der Waals surface area contributed by atoms with Crippen molar-refractivity contribution in [3.05, 3.63) is 90.0 Å². The monoisotopic (exact) mass is 466 g/mol. The highest BCUT2D eigenvalue weighted by molar-refractivity contribution is 6.13. The predicted molar refractivity (Wildman–Crippen MR) is 141 cm³/mol. The van der Waals surface area contributed by atoms with Gasteiger partial charge >= 0.3 is 6.03 Å². The van der Waals surface area contributed by atoms with E-state index in [1.165, 1.54) is 19.3 Å².